The molecule has 0 unspecified atom stereocenters. The SMILES string of the molecule is Cc1cnn(CCCNC(=O)N2CCN(S(=O)(=O)c3ccccc3)CC2)c1. The number of carbonyl (C=O) groups excluding carboxylic acids is 1. The third-order valence-electron chi connectivity index (χ3n) is 4.51. The van der Waals surface area contributed by atoms with E-state index in [4.69, 9.17) is 0 Å². The lowest BCUT2D eigenvalue weighted by atomic mass is 10.4. The highest BCUT2D eigenvalue weighted by atomic mass is 32.2. The van der Waals surface area contributed by atoms with Crippen molar-refractivity contribution in [2.24, 2.45) is 0 Å². The minimum atomic E-state index is -3.50. The highest BCUT2D eigenvalue weighted by molar-refractivity contribution is 7.89. The van der Waals surface area contributed by atoms with Crippen LogP contribution < -0.4 is 5.32 Å². The van der Waals surface area contributed by atoms with Gasteiger partial charge in [0.25, 0.3) is 0 Å². The third-order valence-corrected chi connectivity index (χ3v) is 6.42. The lowest BCUT2D eigenvalue weighted by molar-refractivity contribution is 0.172. The van der Waals surface area contributed by atoms with E-state index in [0.29, 0.717) is 32.7 Å². The van der Waals surface area contributed by atoms with Gasteiger partial charge >= 0.3 is 6.03 Å². The molecular formula is C18H25N5O3S. The maximum absolute atomic E-state index is 12.6. The first kappa shape index (κ1) is 19.4. The summed E-state index contributed by atoms with van der Waals surface area (Å²) in [5, 5.41) is 7.10. The number of urea groups is 1. The number of hydrogen-bond donors (Lipinski definition) is 1. The van der Waals surface area contributed by atoms with E-state index in [1.165, 1.54) is 4.31 Å². The van der Waals surface area contributed by atoms with Crippen LogP contribution in [0.2, 0.25) is 0 Å². The molecule has 9 heteroatoms. The number of amides is 2. The average Bonchev–Trinajstić information content (AvgIpc) is 3.11. The molecule has 1 aromatic carbocycles. The van der Waals surface area contributed by atoms with Gasteiger partial charge in [0.15, 0.2) is 0 Å². The molecule has 3 rings (SSSR count). The fraction of sp³-hybridized carbons (Fsp3) is 0.444. The molecule has 2 heterocycles. The molecule has 2 amide bonds. The lowest BCUT2D eigenvalue weighted by Crippen LogP contribution is -2.53. The number of aryl methyl sites for hydroxylation is 2. The van der Waals surface area contributed by atoms with Gasteiger partial charge in [-0.25, -0.2) is 13.2 Å². The summed E-state index contributed by atoms with van der Waals surface area (Å²) >= 11 is 0. The van der Waals surface area contributed by atoms with E-state index in [2.05, 4.69) is 10.4 Å². The fourth-order valence-electron chi connectivity index (χ4n) is 3.01. The molecule has 27 heavy (non-hydrogen) atoms. The van der Waals surface area contributed by atoms with Crippen molar-refractivity contribution >= 4 is 16.1 Å². The first-order valence-electron chi connectivity index (χ1n) is 9.04. The molecule has 1 saturated heterocycles. The van der Waals surface area contributed by atoms with Crippen LogP contribution in [0.4, 0.5) is 4.79 Å². The summed E-state index contributed by atoms with van der Waals surface area (Å²) < 4.78 is 28.5. The van der Waals surface area contributed by atoms with Crippen molar-refractivity contribution in [2.45, 2.75) is 24.8 Å². The number of benzene rings is 1. The molecule has 1 N–H and O–H groups in total. The van der Waals surface area contributed by atoms with Crippen LogP contribution in [0, 0.1) is 6.92 Å². The van der Waals surface area contributed by atoms with Crippen LogP contribution in [0.5, 0.6) is 0 Å². The zero-order valence-corrected chi connectivity index (χ0v) is 16.2. The predicted molar refractivity (Wildman–Crippen MR) is 102 cm³/mol. The van der Waals surface area contributed by atoms with Crippen molar-refractivity contribution in [3.05, 3.63) is 48.3 Å². The number of nitrogens with zero attached hydrogens (tertiary/aromatic N) is 4. The van der Waals surface area contributed by atoms with Crippen molar-refractivity contribution in [1.82, 2.24) is 24.3 Å². The molecule has 0 saturated carbocycles. The molecule has 1 aliphatic heterocycles. The van der Waals surface area contributed by atoms with E-state index in [0.717, 1.165) is 18.5 Å². The summed E-state index contributed by atoms with van der Waals surface area (Å²) in [5.74, 6) is 0. The second-order valence-corrected chi connectivity index (χ2v) is 8.51. The average molecular weight is 391 g/mol. The Bertz CT molecular complexity index is 858. The van der Waals surface area contributed by atoms with Gasteiger partial charge in [-0.2, -0.15) is 9.40 Å². The Hall–Kier alpha value is -2.39. The summed E-state index contributed by atoms with van der Waals surface area (Å²) in [6.45, 7) is 4.67. The topological polar surface area (TPSA) is 87.5 Å². The van der Waals surface area contributed by atoms with Crippen molar-refractivity contribution in [3.63, 3.8) is 0 Å². The second kappa shape index (κ2) is 8.53. The van der Waals surface area contributed by atoms with E-state index < -0.39 is 10.0 Å². The van der Waals surface area contributed by atoms with Crippen LogP contribution in [-0.2, 0) is 16.6 Å². The normalized spacial score (nSPS) is 15.7. The largest absolute Gasteiger partial charge is 0.338 e. The molecule has 1 fully saturated rings. The first-order chi connectivity index (χ1) is 13.0. The number of aromatic nitrogens is 2. The van der Waals surface area contributed by atoms with Gasteiger partial charge in [-0.1, -0.05) is 18.2 Å². The number of piperazine rings is 1. The van der Waals surface area contributed by atoms with Crippen LogP contribution in [0.3, 0.4) is 0 Å². The zero-order valence-electron chi connectivity index (χ0n) is 15.4. The van der Waals surface area contributed by atoms with Crippen LogP contribution in [0.15, 0.2) is 47.6 Å². The van der Waals surface area contributed by atoms with E-state index in [9.17, 15) is 13.2 Å². The molecule has 0 bridgehead atoms. The number of carbonyl (C=O) groups is 1. The maximum atomic E-state index is 12.6. The minimum Gasteiger partial charge on any atom is -0.338 e. The van der Waals surface area contributed by atoms with Gasteiger partial charge in [0.05, 0.1) is 11.1 Å². The van der Waals surface area contributed by atoms with E-state index in [1.54, 1.807) is 35.2 Å². The molecule has 0 aliphatic carbocycles. The smallest absolute Gasteiger partial charge is 0.317 e. The van der Waals surface area contributed by atoms with Crippen LogP contribution in [-0.4, -0.2) is 66.2 Å². The monoisotopic (exact) mass is 391 g/mol. The van der Waals surface area contributed by atoms with Gasteiger partial charge < -0.3 is 10.2 Å². The fourth-order valence-corrected chi connectivity index (χ4v) is 4.45. The van der Waals surface area contributed by atoms with Crippen LogP contribution in [0.1, 0.15) is 12.0 Å². The highest BCUT2D eigenvalue weighted by Gasteiger charge is 2.29. The van der Waals surface area contributed by atoms with Crippen molar-refractivity contribution in [1.29, 1.82) is 0 Å². The molecule has 0 radical (unpaired) electrons. The van der Waals surface area contributed by atoms with Crippen molar-refractivity contribution < 1.29 is 13.2 Å². The Labute approximate surface area is 159 Å². The van der Waals surface area contributed by atoms with Crippen molar-refractivity contribution in [2.75, 3.05) is 32.7 Å². The second-order valence-electron chi connectivity index (χ2n) is 6.57. The van der Waals surface area contributed by atoms with Crippen molar-refractivity contribution in [3.8, 4) is 0 Å². The van der Waals surface area contributed by atoms with E-state index in [1.807, 2.05) is 24.0 Å². The Balaban J connectivity index is 1.42. The molecule has 2 aromatic rings. The minimum absolute atomic E-state index is 0.150. The Morgan fingerprint density at radius 3 is 2.48 bits per heavy atom. The lowest BCUT2D eigenvalue weighted by Gasteiger charge is -2.34. The highest BCUT2D eigenvalue weighted by Crippen LogP contribution is 2.17. The molecule has 1 aliphatic rings. The standard InChI is InChI=1S/C18H25N5O3S/c1-16-14-20-22(15-16)9-5-8-19-18(24)21-10-12-23(13-11-21)27(25,26)17-6-3-2-4-7-17/h2-4,6-7,14-15H,5,8-13H2,1H3,(H,19,24). The molecular weight excluding hydrogens is 366 g/mol. The van der Waals surface area contributed by atoms with Gasteiger partial charge in [-0.15, -0.1) is 0 Å². The van der Waals surface area contributed by atoms with Gasteiger partial charge in [0, 0.05) is 45.5 Å². The summed E-state index contributed by atoms with van der Waals surface area (Å²) in [6.07, 6.45) is 4.56. The van der Waals surface area contributed by atoms with Gasteiger partial charge in [0.2, 0.25) is 10.0 Å². The summed E-state index contributed by atoms with van der Waals surface area (Å²) in [4.78, 5) is 14.2. The number of rotatable bonds is 6. The molecule has 0 atom stereocenters. The Kier molecular flexibility index (Phi) is 6.12. The zero-order chi connectivity index (χ0) is 19.3. The van der Waals surface area contributed by atoms with Crippen LogP contribution in [0.25, 0.3) is 0 Å². The van der Waals surface area contributed by atoms with Crippen LogP contribution >= 0.6 is 0 Å². The molecule has 8 nitrogen and oxygen atoms in total. The predicted octanol–water partition coefficient (Wildman–Crippen LogP) is 1.30. The molecule has 0 spiro atoms. The van der Waals surface area contributed by atoms with E-state index >= 15 is 0 Å². The first-order valence-corrected chi connectivity index (χ1v) is 10.5. The van der Waals surface area contributed by atoms with E-state index in [-0.39, 0.29) is 10.9 Å². The number of sulfonamides is 1. The third kappa shape index (κ3) is 4.86. The summed E-state index contributed by atoms with van der Waals surface area (Å²) in [6, 6.07) is 8.24. The molecule has 146 valence electrons. The summed E-state index contributed by atoms with van der Waals surface area (Å²) in [5.41, 5.74) is 1.11. The quantitative estimate of drug-likeness (QED) is 0.752. The molecule has 1 aromatic heterocycles. The van der Waals surface area contributed by atoms with Gasteiger partial charge in [-0.05, 0) is 31.0 Å². The Morgan fingerprint density at radius 1 is 1.15 bits per heavy atom. The maximum Gasteiger partial charge on any atom is 0.317 e. The Morgan fingerprint density at radius 2 is 1.85 bits per heavy atom. The number of nitrogens with one attached hydrogen (secondary N) is 1. The number of hydrogen-bond acceptors (Lipinski definition) is 4. The van der Waals surface area contributed by atoms with Gasteiger partial charge in [0.1, 0.15) is 0 Å². The van der Waals surface area contributed by atoms with Gasteiger partial charge in [-0.3, -0.25) is 4.68 Å². The summed E-state index contributed by atoms with van der Waals surface area (Å²) in [7, 11) is -3.50.